The van der Waals surface area contributed by atoms with Crippen molar-refractivity contribution in [3.8, 4) is 0 Å². The van der Waals surface area contributed by atoms with E-state index in [0.717, 1.165) is 0 Å². The summed E-state index contributed by atoms with van der Waals surface area (Å²) in [5, 5.41) is 0.343. The molecule has 0 aromatic heterocycles. The zero-order valence-corrected chi connectivity index (χ0v) is 8.11. The molecule has 3 heteroatoms. The Morgan fingerprint density at radius 3 is 2.69 bits per heavy atom. The molecule has 0 saturated heterocycles. The quantitative estimate of drug-likeness (QED) is 0.728. The molecule has 0 bridgehead atoms. The molecule has 0 spiro atoms. The normalized spacial score (nSPS) is 12.6. The van der Waals surface area contributed by atoms with E-state index in [1.165, 1.54) is 6.07 Å². The molecule has 0 radical (unpaired) electrons. The summed E-state index contributed by atoms with van der Waals surface area (Å²) < 4.78 is 13.3. The summed E-state index contributed by atoms with van der Waals surface area (Å²) in [5.41, 5.74) is 6.72. The second kappa shape index (κ2) is 3.90. The van der Waals surface area contributed by atoms with Crippen LogP contribution >= 0.6 is 11.6 Å². The summed E-state index contributed by atoms with van der Waals surface area (Å²) in [6, 6.07) is 3.97. The van der Waals surface area contributed by atoms with Gasteiger partial charge in [-0.2, -0.15) is 0 Å². The molecule has 0 aliphatic rings. The third-order valence-electron chi connectivity index (χ3n) is 1.84. The van der Waals surface area contributed by atoms with E-state index in [4.69, 9.17) is 17.3 Å². The third-order valence-corrected chi connectivity index (χ3v) is 2.17. The van der Waals surface area contributed by atoms with Gasteiger partial charge in [-0.25, -0.2) is 4.39 Å². The number of rotatable bonds is 2. The Labute approximate surface area is 82.0 Å². The van der Waals surface area contributed by atoms with Crippen LogP contribution in [0.2, 0.25) is 5.02 Å². The second-order valence-electron chi connectivity index (χ2n) is 2.96. The largest absolute Gasteiger partial charge is 0.320 e. The third kappa shape index (κ3) is 2.08. The van der Waals surface area contributed by atoms with Gasteiger partial charge in [0.15, 0.2) is 0 Å². The minimum atomic E-state index is -0.534. The first-order chi connectivity index (χ1) is 6.04. The Balaban J connectivity index is 3.20. The topological polar surface area (TPSA) is 26.0 Å². The van der Waals surface area contributed by atoms with E-state index in [1.54, 1.807) is 19.1 Å². The van der Waals surface area contributed by atoms with Crippen LogP contribution in [0, 0.1) is 5.82 Å². The smallest absolute Gasteiger partial charge is 0.129 e. The predicted octanol–water partition coefficient (Wildman–Crippen LogP) is 3.06. The molecule has 1 atom stereocenters. The Bertz CT molecular complexity index is 315. The average Bonchev–Trinajstić information content (AvgIpc) is 2.03. The highest BCUT2D eigenvalue weighted by atomic mass is 35.5. The zero-order chi connectivity index (χ0) is 10.0. The predicted molar refractivity (Wildman–Crippen MR) is 53.2 cm³/mol. The van der Waals surface area contributed by atoms with Crippen molar-refractivity contribution in [2.24, 2.45) is 5.73 Å². The van der Waals surface area contributed by atoms with Gasteiger partial charge < -0.3 is 5.73 Å². The molecule has 0 heterocycles. The zero-order valence-electron chi connectivity index (χ0n) is 7.35. The van der Waals surface area contributed by atoms with Crippen LogP contribution in [0.15, 0.2) is 30.4 Å². The van der Waals surface area contributed by atoms with Gasteiger partial charge in [0.25, 0.3) is 0 Å². The number of hydrogen-bond acceptors (Lipinski definition) is 1. The van der Waals surface area contributed by atoms with Crippen molar-refractivity contribution in [1.29, 1.82) is 0 Å². The fraction of sp³-hybridized carbons (Fsp3) is 0.200. The van der Waals surface area contributed by atoms with Crippen LogP contribution in [0.1, 0.15) is 18.5 Å². The van der Waals surface area contributed by atoms with Gasteiger partial charge in [0.1, 0.15) is 5.82 Å². The van der Waals surface area contributed by atoms with Gasteiger partial charge in [0.05, 0.1) is 6.04 Å². The SMILES string of the molecule is C=C(C)C(N)c1c(F)cccc1Cl. The van der Waals surface area contributed by atoms with E-state index in [1.807, 2.05) is 0 Å². The van der Waals surface area contributed by atoms with Crippen molar-refractivity contribution in [3.05, 3.63) is 46.8 Å². The molecule has 70 valence electrons. The van der Waals surface area contributed by atoms with Crippen LogP contribution in [0.4, 0.5) is 4.39 Å². The van der Waals surface area contributed by atoms with Crippen molar-refractivity contribution in [2.45, 2.75) is 13.0 Å². The maximum atomic E-state index is 13.3. The molecule has 13 heavy (non-hydrogen) atoms. The van der Waals surface area contributed by atoms with Gasteiger partial charge in [-0.1, -0.05) is 29.8 Å². The lowest BCUT2D eigenvalue weighted by Crippen LogP contribution is -2.13. The van der Waals surface area contributed by atoms with Crippen molar-refractivity contribution in [2.75, 3.05) is 0 Å². The van der Waals surface area contributed by atoms with Gasteiger partial charge >= 0.3 is 0 Å². The summed E-state index contributed by atoms with van der Waals surface area (Å²) >= 11 is 5.81. The summed E-state index contributed by atoms with van der Waals surface area (Å²) in [6.07, 6.45) is 0. The highest BCUT2D eigenvalue weighted by Gasteiger charge is 2.14. The number of nitrogens with two attached hydrogens (primary N) is 1. The summed E-state index contributed by atoms with van der Waals surface area (Å²) in [6.45, 7) is 5.41. The number of benzene rings is 1. The summed E-state index contributed by atoms with van der Waals surface area (Å²) in [5.74, 6) is -0.386. The molecule has 0 aliphatic heterocycles. The molecule has 1 aromatic carbocycles. The number of hydrogen-bond donors (Lipinski definition) is 1. The second-order valence-corrected chi connectivity index (χ2v) is 3.37. The Kier molecular flexibility index (Phi) is 3.07. The minimum absolute atomic E-state index is 0.316. The van der Waals surface area contributed by atoms with Crippen LogP contribution < -0.4 is 5.73 Å². The minimum Gasteiger partial charge on any atom is -0.320 e. The van der Waals surface area contributed by atoms with Gasteiger partial charge in [-0.3, -0.25) is 0 Å². The molecule has 0 saturated carbocycles. The molecule has 0 fully saturated rings. The molecule has 2 N–H and O–H groups in total. The first-order valence-corrected chi connectivity index (χ1v) is 4.26. The summed E-state index contributed by atoms with van der Waals surface area (Å²) in [4.78, 5) is 0. The van der Waals surface area contributed by atoms with E-state index in [0.29, 0.717) is 16.2 Å². The lowest BCUT2D eigenvalue weighted by molar-refractivity contribution is 0.598. The van der Waals surface area contributed by atoms with E-state index >= 15 is 0 Å². The maximum Gasteiger partial charge on any atom is 0.129 e. The van der Waals surface area contributed by atoms with Crippen molar-refractivity contribution in [3.63, 3.8) is 0 Å². The van der Waals surface area contributed by atoms with Crippen molar-refractivity contribution < 1.29 is 4.39 Å². The van der Waals surface area contributed by atoms with Crippen LogP contribution in [0.3, 0.4) is 0 Å². The molecular weight excluding hydrogens is 189 g/mol. The van der Waals surface area contributed by atoms with E-state index in [9.17, 15) is 4.39 Å². The van der Waals surface area contributed by atoms with Gasteiger partial charge in [-0.05, 0) is 19.1 Å². The Morgan fingerprint density at radius 2 is 2.23 bits per heavy atom. The molecule has 0 aliphatic carbocycles. The molecule has 0 amide bonds. The van der Waals surface area contributed by atoms with E-state index in [-0.39, 0.29) is 5.82 Å². The highest BCUT2D eigenvalue weighted by Crippen LogP contribution is 2.27. The molecule has 1 aromatic rings. The molecule has 1 nitrogen and oxygen atoms in total. The first-order valence-electron chi connectivity index (χ1n) is 3.89. The van der Waals surface area contributed by atoms with Crippen LogP contribution in [0.5, 0.6) is 0 Å². The molecular formula is C10H11ClFN. The lowest BCUT2D eigenvalue weighted by atomic mass is 10.0. The number of halogens is 2. The van der Waals surface area contributed by atoms with Crippen LogP contribution in [-0.2, 0) is 0 Å². The fourth-order valence-electron chi connectivity index (χ4n) is 1.05. The van der Waals surface area contributed by atoms with Crippen LogP contribution in [-0.4, -0.2) is 0 Å². The lowest BCUT2D eigenvalue weighted by Gasteiger charge is -2.13. The monoisotopic (exact) mass is 199 g/mol. The van der Waals surface area contributed by atoms with Gasteiger partial charge in [0, 0.05) is 10.6 Å². The fourth-order valence-corrected chi connectivity index (χ4v) is 1.33. The maximum absolute atomic E-state index is 13.3. The molecule has 1 rings (SSSR count). The average molecular weight is 200 g/mol. The van der Waals surface area contributed by atoms with Crippen LogP contribution in [0.25, 0.3) is 0 Å². The first kappa shape index (κ1) is 10.2. The van der Waals surface area contributed by atoms with E-state index < -0.39 is 6.04 Å². The highest BCUT2D eigenvalue weighted by molar-refractivity contribution is 6.31. The van der Waals surface area contributed by atoms with Crippen molar-refractivity contribution in [1.82, 2.24) is 0 Å². The van der Waals surface area contributed by atoms with Gasteiger partial charge in [-0.15, -0.1) is 0 Å². The molecule has 1 unspecified atom stereocenters. The van der Waals surface area contributed by atoms with E-state index in [2.05, 4.69) is 6.58 Å². The standard InChI is InChI=1S/C10H11ClFN/c1-6(2)10(13)9-7(11)4-3-5-8(9)12/h3-5,10H,1,13H2,2H3. The summed E-state index contributed by atoms with van der Waals surface area (Å²) in [7, 11) is 0. The Hall–Kier alpha value is -0.860. The van der Waals surface area contributed by atoms with Crippen molar-refractivity contribution >= 4 is 11.6 Å². The van der Waals surface area contributed by atoms with Gasteiger partial charge in [0.2, 0.25) is 0 Å². The Morgan fingerprint density at radius 1 is 1.62 bits per heavy atom.